The third-order valence-corrected chi connectivity index (χ3v) is 4.43. The number of carbonyl (C=O) groups excluding carboxylic acids is 1. The van der Waals surface area contributed by atoms with E-state index in [1.54, 1.807) is 5.38 Å². The van der Waals surface area contributed by atoms with E-state index in [0.717, 1.165) is 10.6 Å². The van der Waals surface area contributed by atoms with Crippen molar-refractivity contribution >= 4 is 23.2 Å². The van der Waals surface area contributed by atoms with Crippen LogP contribution in [0.2, 0.25) is 0 Å². The predicted octanol–water partition coefficient (Wildman–Crippen LogP) is 1.78. The number of nitrogens with one attached hydrogen (secondary N) is 1. The van der Waals surface area contributed by atoms with Crippen LogP contribution in [0.15, 0.2) is 35.7 Å². The van der Waals surface area contributed by atoms with E-state index in [-0.39, 0.29) is 18.7 Å². The van der Waals surface area contributed by atoms with Crippen LogP contribution in [-0.4, -0.2) is 40.7 Å². The zero-order valence-electron chi connectivity index (χ0n) is 11.6. The summed E-state index contributed by atoms with van der Waals surface area (Å²) < 4.78 is 5.12. The average Bonchev–Trinajstić information content (AvgIpc) is 3.18. The third kappa shape index (κ3) is 2.72. The van der Waals surface area contributed by atoms with Gasteiger partial charge in [-0.25, -0.2) is 9.78 Å². The van der Waals surface area contributed by atoms with Crippen LogP contribution in [-0.2, 0) is 9.53 Å². The summed E-state index contributed by atoms with van der Waals surface area (Å²) in [6.07, 6.45) is 0.254. The highest BCUT2D eigenvalue weighted by atomic mass is 32.1. The lowest BCUT2D eigenvalue weighted by molar-refractivity contribution is -0.144. The van der Waals surface area contributed by atoms with Crippen molar-refractivity contribution in [3.05, 3.63) is 41.4 Å². The number of nitrogens with zero attached hydrogens (tertiary/aromatic N) is 1. The van der Waals surface area contributed by atoms with Gasteiger partial charge in [0.05, 0.1) is 6.61 Å². The van der Waals surface area contributed by atoms with Gasteiger partial charge in [0.15, 0.2) is 5.54 Å². The van der Waals surface area contributed by atoms with Crippen molar-refractivity contribution in [3.8, 4) is 10.6 Å². The molecule has 0 saturated carbocycles. The summed E-state index contributed by atoms with van der Waals surface area (Å²) >= 11 is 1.35. The molecule has 0 radical (unpaired) electrons. The molecule has 1 atom stereocenters. The number of rotatable bonds is 4. The first kappa shape index (κ1) is 14.7. The minimum Gasteiger partial charge on any atom is -0.479 e. The number of thiazole rings is 1. The zero-order valence-corrected chi connectivity index (χ0v) is 12.4. The third-order valence-electron chi connectivity index (χ3n) is 3.54. The fraction of sp³-hybridized carbons (Fsp3) is 0.267. The van der Waals surface area contributed by atoms with Crippen LogP contribution in [0.3, 0.4) is 0 Å². The molecule has 1 aromatic carbocycles. The van der Waals surface area contributed by atoms with Crippen molar-refractivity contribution in [3.63, 3.8) is 0 Å². The van der Waals surface area contributed by atoms with E-state index in [2.05, 4.69) is 10.3 Å². The molecule has 1 aliphatic rings. The number of carboxylic acid groups (broad SMARTS) is 1. The minimum absolute atomic E-state index is 0.0241. The molecule has 7 heteroatoms. The Balaban J connectivity index is 1.79. The topological polar surface area (TPSA) is 88.5 Å². The fourth-order valence-corrected chi connectivity index (χ4v) is 3.06. The SMILES string of the molecule is O=C(NC1(C(=O)O)CCOC1)c1csc(-c2ccccc2)n1. The first-order valence-electron chi connectivity index (χ1n) is 6.75. The van der Waals surface area contributed by atoms with Crippen LogP contribution < -0.4 is 5.32 Å². The number of carboxylic acids is 1. The molecule has 114 valence electrons. The predicted molar refractivity (Wildman–Crippen MR) is 80.8 cm³/mol. The van der Waals surface area contributed by atoms with Crippen molar-refractivity contribution in [2.75, 3.05) is 13.2 Å². The number of amides is 1. The molecule has 2 heterocycles. The van der Waals surface area contributed by atoms with Gasteiger partial charge in [-0.3, -0.25) is 4.79 Å². The lowest BCUT2D eigenvalue weighted by Crippen LogP contribution is -2.55. The minimum atomic E-state index is -1.35. The smallest absolute Gasteiger partial charge is 0.331 e. The number of benzene rings is 1. The lowest BCUT2D eigenvalue weighted by atomic mass is 9.99. The van der Waals surface area contributed by atoms with Crippen LogP contribution in [0.5, 0.6) is 0 Å². The number of ether oxygens (including phenoxy) is 1. The van der Waals surface area contributed by atoms with Crippen LogP contribution in [0.4, 0.5) is 0 Å². The Morgan fingerprint density at radius 2 is 2.09 bits per heavy atom. The molecule has 1 fully saturated rings. The van der Waals surface area contributed by atoms with Crippen LogP contribution in [0.25, 0.3) is 10.6 Å². The van der Waals surface area contributed by atoms with Gasteiger partial charge in [0, 0.05) is 24.0 Å². The zero-order chi connectivity index (χ0) is 15.6. The number of carbonyl (C=O) groups is 2. The summed E-state index contributed by atoms with van der Waals surface area (Å²) in [5.41, 5.74) is -0.215. The van der Waals surface area contributed by atoms with Gasteiger partial charge in [0.1, 0.15) is 10.7 Å². The molecule has 1 amide bonds. The molecule has 1 aromatic heterocycles. The number of hydrogen-bond donors (Lipinski definition) is 2. The van der Waals surface area contributed by atoms with Gasteiger partial charge < -0.3 is 15.2 Å². The molecule has 22 heavy (non-hydrogen) atoms. The normalized spacial score (nSPS) is 20.7. The van der Waals surface area contributed by atoms with Gasteiger partial charge >= 0.3 is 5.97 Å². The largest absolute Gasteiger partial charge is 0.479 e. The monoisotopic (exact) mass is 318 g/mol. The molecule has 1 aliphatic heterocycles. The molecular weight excluding hydrogens is 304 g/mol. The van der Waals surface area contributed by atoms with E-state index in [0.29, 0.717) is 6.61 Å². The Morgan fingerprint density at radius 1 is 1.32 bits per heavy atom. The summed E-state index contributed by atoms with van der Waals surface area (Å²) in [6.45, 7) is 0.294. The van der Waals surface area contributed by atoms with Gasteiger partial charge in [-0.1, -0.05) is 30.3 Å². The highest BCUT2D eigenvalue weighted by Crippen LogP contribution is 2.24. The Hall–Kier alpha value is -2.25. The van der Waals surface area contributed by atoms with Crippen molar-refractivity contribution < 1.29 is 19.4 Å². The van der Waals surface area contributed by atoms with Crippen molar-refractivity contribution in [2.45, 2.75) is 12.0 Å². The molecule has 2 N–H and O–H groups in total. The van der Waals surface area contributed by atoms with Gasteiger partial charge in [-0.2, -0.15) is 0 Å². The second-order valence-electron chi connectivity index (χ2n) is 5.05. The van der Waals surface area contributed by atoms with Gasteiger partial charge in [0.2, 0.25) is 0 Å². The van der Waals surface area contributed by atoms with Crippen molar-refractivity contribution in [2.24, 2.45) is 0 Å². The van der Waals surface area contributed by atoms with E-state index >= 15 is 0 Å². The van der Waals surface area contributed by atoms with Crippen LogP contribution in [0, 0.1) is 0 Å². The molecular formula is C15H14N2O4S. The Bertz CT molecular complexity index is 693. The summed E-state index contributed by atoms with van der Waals surface area (Å²) in [7, 11) is 0. The summed E-state index contributed by atoms with van der Waals surface area (Å²) in [5.74, 6) is -1.58. The molecule has 2 aromatic rings. The highest BCUT2D eigenvalue weighted by molar-refractivity contribution is 7.13. The van der Waals surface area contributed by atoms with E-state index in [1.807, 2.05) is 30.3 Å². The quantitative estimate of drug-likeness (QED) is 0.897. The maximum Gasteiger partial charge on any atom is 0.331 e. The second-order valence-corrected chi connectivity index (χ2v) is 5.91. The number of aromatic nitrogens is 1. The van der Waals surface area contributed by atoms with E-state index in [1.165, 1.54) is 11.3 Å². The van der Waals surface area contributed by atoms with Crippen molar-refractivity contribution in [1.29, 1.82) is 0 Å². The molecule has 1 unspecified atom stereocenters. The second kappa shape index (κ2) is 5.86. The molecule has 0 bridgehead atoms. The lowest BCUT2D eigenvalue weighted by Gasteiger charge is -2.22. The standard InChI is InChI=1S/C15H14N2O4S/c18-12(17-15(14(19)20)6-7-21-9-15)11-8-22-13(16-11)10-4-2-1-3-5-10/h1-5,8H,6-7,9H2,(H,17,18)(H,19,20). The van der Waals surface area contributed by atoms with Gasteiger partial charge in [0.25, 0.3) is 5.91 Å². The molecule has 0 spiro atoms. The van der Waals surface area contributed by atoms with Crippen LogP contribution in [0.1, 0.15) is 16.9 Å². The van der Waals surface area contributed by atoms with Gasteiger partial charge in [-0.05, 0) is 0 Å². The van der Waals surface area contributed by atoms with E-state index < -0.39 is 17.4 Å². The maximum atomic E-state index is 12.3. The van der Waals surface area contributed by atoms with Gasteiger partial charge in [-0.15, -0.1) is 11.3 Å². The first-order chi connectivity index (χ1) is 10.6. The number of hydrogen-bond acceptors (Lipinski definition) is 5. The molecule has 3 rings (SSSR count). The number of aliphatic carboxylic acids is 1. The van der Waals surface area contributed by atoms with Crippen LogP contribution >= 0.6 is 11.3 Å². The highest BCUT2D eigenvalue weighted by Gasteiger charge is 2.44. The maximum absolute atomic E-state index is 12.3. The Morgan fingerprint density at radius 3 is 2.73 bits per heavy atom. The molecule has 1 saturated heterocycles. The molecule has 6 nitrogen and oxygen atoms in total. The summed E-state index contributed by atoms with van der Waals surface area (Å²) in [6, 6.07) is 9.51. The van der Waals surface area contributed by atoms with Crippen molar-refractivity contribution in [1.82, 2.24) is 10.3 Å². The molecule has 0 aliphatic carbocycles. The fourth-order valence-electron chi connectivity index (χ4n) is 2.26. The Labute approximate surface area is 130 Å². The first-order valence-corrected chi connectivity index (χ1v) is 7.63. The Kier molecular flexibility index (Phi) is 3.91. The van der Waals surface area contributed by atoms with E-state index in [9.17, 15) is 14.7 Å². The average molecular weight is 318 g/mol. The summed E-state index contributed by atoms with van der Waals surface area (Å²) in [4.78, 5) is 28.0. The summed E-state index contributed by atoms with van der Waals surface area (Å²) in [5, 5.41) is 14.2. The van der Waals surface area contributed by atoms with E-state index in [4.69, 9.17) is 4.74 Å².